The Kier molecular flexibility index (Phi) is 3.29. The summed E-state index contributed by atoms with van der Waals surface area (Å²) in [6.07, 6.45) is 1.76. The molecule has 0 bridgehead atoms. The van der Waals surface area contributed by atoms with Crippen molar-refractivity contribution < 1.29 is 0 Å². The molecule has 1 aromatic carbocycles. The van der Waals surface area contributed by atoms with E-state index in [0.717, 1.165) is 5.56 Å². The molecule has 0 heterocycles. The van der Waals surface area contributed by atoms with E-state index in [0.29, 0.717) is 0 Å². The van der Waals surface area contributed by atoms with Crippen LogP contribution in [0.5, 0.6) is 0 Å². The normalized spacial score (nSPS) is 12.6. The van der Waals surface area contributed by atoms with Crippen LogP contribution in [0, 0.1) is 10.5 Å². The van der Waals surface area contributed by atoms with E-state index in [2.05, 4.69) is 42.2 Å². The average molecular weight is 273 g/mol. The minimum atomic E-state index is -0.0446. The summed E-state index contributed by atoms with van der Waals surface area (Å²) in [5, 5.41) is 0. The van der Waals surface area contributed by atoms with Gasteiger partial charge in [0.05, 0.1) is 0 Å². The zero-order valence-electron chi connectivity index (χ0n) is 7.05. The molecule has 1 rings (SSSR count). The molecule has 0 aliphatic rings. The van der Waals surface area contributed by atoms with Gasteiger partial charge in [0.2, 0.25) is 0 Å². The summed E-state index contributed by atoms with van der Waals surface area (Å²) in [4.78, 5) is 0. The number of halogens is 1. The lowest BCUT2D eigenvalue weighted by Gasteiger charge is -2.10. The fourth-order valence-electron chi connectivity index (χ4n) is 1.05. The first-order chi connectivity index (χ1) is 5.66. The van der Waals surface area contributed by atoms with Crippen molar-refractivity contribution in [1.29, 1.82) is 0 Å². The van der Waals surface area contributed by atoms with Crippen LogP contribution in [0.15, 0.2) is 30.9 Å². The molecule has 64 valence electrons. The molecule has 1 atom stereocenters. The van der Waals surface area contributed by atoms with E-state index in [1.165, 1.54) is 9.13 Å². The third kappa shape index (κ3) is 1.87. The molecule has 1 nitrogen and oxygen atoms in total. The highest BCUT2D eigenvalue weighted by molar-refractivity contribution is 14.1. The van der Waals surface area contributed by atoms with E-state index < -0.39 is 0 Å². The van der Waals surface area contributed by atoms with Gasteiger partial charge in [-0.2, -0.15) is 0 Å². The summed E-state index contributed by atoms with van der Waals surface area (Å²) < 4.78 is 1.24. The van der Waals surface area contributed by atoms with Crippen LogP contribution in [0.2, 0.25) is 0 Å². The van der Waals surface area contributed by atoms with Gasteiger partial charge in [-0.05, 0) is 40.6 Å². The predicted octanol–water partition coefficient (Wildman–Crippen LogP) is 2.79. The van der Waals surface area contributed by atoms with Crippen molar-refractivity contribution in [3.8, 4) is 0 Å². The topological polar surface area (TPSA) is 26.0 Å². The second-order valence-electron chi connectivity index (χ2n) is 2.74. The zero-order valence-corrected chi connectivity index (χ0v) is 9.21. The van der Waals surface area contributed by atoms with Crippen molar-refractivity contribution in [2.24, 2.45) is 5.73 Å². The van der Waals surface area contributed by atoms with Crippen molar-refractivity contribution in [2.45, 2.75) is 13.0 Å². The van der Waals surface area contributed by atoms with Gasteiger partial charge in [0.15, 0.2) is 0 Å². The molecule has 2 N–H and O–H groups in total. The molecule has 12 heavy (non-hydrogen) atoms. The summed E-state index contributed by atoms with van der Waals surface area (Å²) in [5.74, 6) is 0. The van der Waals surface area contributed by atoms with Gasteiger partial charge in [-0.3, -0.25) is 0 Å². The van der Waals surface area contributed by atoms with E-state index in [1.807, 2.05) is 12.1 Å². The van der Waals surface area contributed by atoms with Crippen molar-refractivity contribution in [2.75, 3.05) is 0 Å². The summed E-state index contributed by atoms with van der Waals surface area (Å²) in [6, 6.07) is 6.11. The molecular formula is C10H12IN. The first kappa shape index (κ1) is 9.74. The molecule has 0 saturated carbocycles. The molecule has 0 aliphatic heterocycles. The van der Waals surface area contributed by atoms with E-state index in [4.69, 9.17) is 5.73 Å². The fourth-order valence-corrected chi connectivity index (χ4v) is 1.77. The Morgan fingerprint density at radius 1 is 1.58 bits per heavy atom. The number of rotatable bonds is 2. The highest BCUT2D eigenvalue weighted by atomic mass is 127. The third-order valence-corrected chi connectivity index (χ3v) is 3.31. The van der Waals surface area contributed by atoms with E-state index >= 15 is 0 Å². The quantitative estimate of drug-likeness (QED) is 0.650. The van der Waals surface area contributed by atoms with Crippen LogP contribution in [0.3, 0.4) is 0 Å². The summed E-state index contributed by atoms with van der Waals surface area (Å²) in [6.45, 7) is 5.76. The Morgan fingerprint density at radius 2 is 2.25 bits per heavy atom. The lowest BCUT2D eigenvalue weighted by atomic mass is 10.1. The number of hydrogen-bond donors (Lipinski definition) is 1. The molecule has 1 aromatic rings. The molecule has 2 heteroatoms. The summed E-state index contributed by atoms with van der Waals surface area (Å²) in [7, 11) is 0. The van der Waals surface area contributed by atoms with Gasteiger partial charge >= 0.3 is 0 Å². The van der Waals surface area contributed by atoms with Gasteiger partial charge in [0, 0.05) is 9.61 Å². The maximum atomic E-state index is 5.84. The maximum absolute atomic E-state index is 5.84. The smallest absolute Gasteiger partial charge is 0.0489 e. The molecule has 0 spiro atoms. The Morgan fingerprint density at radius 3 is 2.83 bits per heavy atom. The van der Waals surface area contributed by atoms with Crippen molar-refractivity contribution in [1.82, 2.24) is 0 Å². The van der Waals surface area contributed by atoms with Crippen LogP contribution < -0.4 is 5.73 Å². The molecule has 0 radical (unpaired) electrons. The minimum absolute atomic E-state index is 0.0446. The van der Waals surface area contributed by atoms with E-state index in [9.17, 15) is 0 Å². The molecule has 0 aromatic heterocycles. The number of hydrogen-bond acceptors (Lipinski definition) is 1. The Balaban J connectivity index is 3.15. The molecule has 0 aliphatic carbocycles. The molecule has 0 saturated heterocycles. The molecular weight excluding hydrogens is 261 g/mol. The third-order valence-electron chi connectivity index (χ3n) is 1.83. The molecule has 0 amide bonds. The van der Waals surface area contributed by atoms with Gasteiger partial charge in [-0.25, -0.2) is 0 Å². The number of nitrogens with two attached hydrogens (primary N) is 1. The first-order valence-electron chi connectivity index (χ1n) is 3.80. The van der Waals surface area contributed by atoms with Crippen LogP contribution in [-0.2, 0) is 0 Å². The second-order valence-corrected chi connectivity index (χ2v) is 3.82. The van der Waals surface area contributed by atoms with Gasteiger partial charge < -0.3 is 5.73 Å². The predicted molar refractivity (Wildman–Crippen MR) is 61.0 cm³/mol. The first-order valence-corrected chi connectivity index (χ1v) is 4.88. The molecule has 0 fully saturated rings. The maximum Gasteiger partial charge on any atom is 0.0489 e. The van der Waals surface area contributed by atoms with Crippen LogP contribution in [0.25, 0.3) is 0 Å². The molecule has 0 unspecified atom stereocenters. The lowest BCUT2D eigenvalue weighted by Crippen LogP contribution is -2.08. The standard InChI is InChI=1S/C10H12IN/c1-3-9(12)8-6-4-5-7(2)10(8)11/h3-6,9H,1,12H2,2H3/t9-/m1/s1. The Hall–Kier alpha value is -0.350. The average Bonchev–Trinajstić information content (AvgIpc) is 2.08. The highest BCUT2D eigenvalue weighted by Gasteiger charge is 2.06. The van der Waals surface area contributed by atoms with Gasteiger partial charge in [-0.1, -0.05) is 24.3 Å². The largest absolute Gasteiger partial charge is 0.321 e. The van der Waals surface area contributed by atoms with Crippen LogP contribution in [0.4, 0.5) is 0 Å². The van der Waals surface area contributed by atoms with Gasteiger partial charge in [-0.15, -0.1) is 6.58 Å². The Labute approximate surface area is 86.8 Å². The van der Waals surface area contributed by atoms with Crippen molar-refractivity contribution >= 4 is 22.6 Å². The summed E-state index contributed by atoms with van der Waals surface area (Å²) in [5.41, 5.74) is 8.27. The number of aryl methyl sites for hydroxylation is 1. The second kappa shape index (κ2) is 4.05. The monoisotopic (exact) mass is 273 g/mol. The SMILES string of the molecule is C=C[C@@H](N)c1cccc(C)c1I. The van der Waals surface area contributed by atoms with Crippen molar-refractivity contribution in [3.05, 3.63) is 45.6 Å². The highest BCUT2D eigenvalue weighted by Crippen LogP contribution is 2.21. The van der Waals surface area contributed by atoms with E-state index in [1.54, 1.807) is 6.08 Å². The van der Waals surface area contributed by atoms with Crippen molar-refractivity contribution in [3.63, 3.8) is 0 Å². The summed E-state index contributed by atoms with van der Waals surface area (Å²) >= 11 is 2.32. The van der Waals surface area contributed by atoms with Gasteiger partial charge in [0.1, 0.15) is 0 Å². The zero-order chi connectivity index (χ0) is 9.14. The fraction of sp³-hybridized carbons (Fsp3) is 0.200. The minimum Gasteiger partial charge on any atom is -0.321 e. The van der Waals surface area contributed by atoms with Crippen LogP contribution >= 0.6 is 22.6 Å². The van der Waals surface area contributed by atoms with Crippen LogP contribution in [-0.4, -0.2) is 0 Å². The van der Waals surface area contributed by atoms with E-state index in [-0.39, 0.29) is 6.04 Å². The number of benzene rings is 1. The van der Waals surface area contributed by atoms with Gasteiger partial charge in [0.25, 0.3) is 0 Å². The van der Waals surface area contributed by atoms with Crippen LogP contribution in [0.1, 0.15) is 17.2 Å². The Bertz CT molecular complexity index is 294. The lowest BCUT2D eigenvalue weighted by molar-refractivity contribution is 0.904.